The predicted octanol–water partition coefficient (Wildman–Crippen LogP) is 3.00. The molecule has 0 aliphatic carbocycles. The van der Waals surface area contributed by atoms with Gasteiger partial charge in [0.15, 0.2) is 6.30 Å². The highest BCUT2D eigenvalue weighted by Crippen LogP contribution is 2.44. The average molecular weight is 634 g/mol. The number of aromatic nitrogens is 2. The number of hydroxylamine groups is 2. The van der Waals surface area contributed by atoms with Crippen molar-refractivity contribution in [2.45, 2.75) is 147 Å². The number of rotatable bonds is 22. The fraction of sp³-hybridized carbons (Fsp3) is 0.833. The van der Waals surface area contributed by atoms with Crippen LogP contribution in [0.3, 0.4) is 0 Å². The summed E-state index contributed by atoms with van der Waals surface area (Å²) < 4.78 is 25.3. The number of hydrogen-bond donors (Lipinski definition) is 6. The topological polar surface area (TPSA) is 195 Å². The average Bonchev–Trinajstić information content (AvgIpc) is 3.20. The number of aliphatic hydroxyl groups excluding tert-OH is 2. The van der Waals surface area contributed by atoms with Crippen LogP contribution in [0, 0.1) is 0 Å². The third kappa shape index (κ3) is 9.41. The van der Waals surface area contributed by atoms with Gasteiger partial charge in [-0.05, 0) is 19.8 Å². The summed E-state index contributed by atoms with van der Waals surface area (Å²) in [5.74, 6) is -4.65. The molecule has 254 valence electrons. The first kappa shape index (κ1) is 38.0. The summed E-state index contributed by atoms with van der Waals surface area (Å²) in [5.41, 5.74) is -6.86. The number of halogens is 1. The third-order valence-electron chi connectivity index (χ3n) is 8.16. The zero-order valence-corrected chi connectivity index (χ0v) is 26.1. The smallest absolute Gasteiger partial charge is 0.345 e. The van der Waals surface area contributed by atoms with E-state index in [1.807, 2.05) is 0 Å². The van der Waals surface area contributed by atoms with Crippen LogP contribution in [0.4, 0.5) is 4.39 Å². The number of alkyl halides is 1. The quantitative estimate of drug-likeness (QED) is 0.0361. The molecule has 1 saturated heterocycles. The number of aliphatic hydroxyl groups is 4. The predicted molar refractivity (Wildman–Crippen MR) is 158 cm³/mol. The molecule has 13 nitrogen and oxygen atoms in total. The van der Waals surface area contributed by atoms with E-state index in [2.05, 4.69) is 6.92 Å². The lowest BCUT2D eigenvalue weighted by atomic mass is 9.99. The van der Waals surface area contributed by atoms with Crippen LogP contribution in [-0.4, -0.2) is 83.7 Å². The monoisotopic (exact) mass is 633 g/mol. The van der Waals surface area contributed by atoms with Crippen LogP contribution in [0.25, 0.3) is 0 Å². The van der Waals surface area contributed by atoms with Crippen molar-refractivity contribution in [3.05, 3.63) is 32.6 Å². The van der Waals surface area contributed by atoms with Crippen LogP contribution < -0.4 is 11.2 Å². The number of ether oxygens (including phenoxy) is 2. The number of nitrogens with zero attached hydrogens (tertiary/aromatic N) is 2. The Kier molecular flexibility index (Phi) is 16.1. The van der Waals surface area contributed by atoms with Gasteiger partial charge in [0.25, 0.3) is 5.56 Å². The summed E-state index contributed by atoms with van der Waals surface area (Å²) in [5, 5.41) is 53.4. The molecule has 1 aliphatic rings. The summed E-state index contributed by atoms with van der Waals surface area (Å²) in [6.45, 7) is 2.52. The molecule has 0 bridgehead atoms. The second kappa shape index (κ2) is 18.7. The van der Waals surface area contributed by atoms with Crippen molar-refractivity contribution < 1.29 is 44.3 Å². The SMILES string of the molecule is CCCCCCCCCCCCCCCCCC(F)N(O)[C@@]1(O)[C@H](O)[C@@H](CO)O[C@@]1(O)n1cc(C(=O)OCC)c(=O)[nH]c1=O. The van der Waals surface area contributed by atoms with E-state index in [1.165, 1.54) is 64.7 Å². The van der Waals surface area contributed by atoms with Crippen LogP contribution in [0.5, 0.6) is 0 Å². The van der Waals surface area contributed by atoms with Gasteiger partial charge in [0.05, 0.1) is 13.2 Å². The molecule has 44 heavy (non-hydrogen) atoms. The van der Waals surface area contributed by atoms with E-state index in [0.717, 1.165) is 25.7 Å². The molecule has 2 rings (SSSR count). The molecule has 0 amide bonds. The van der Waals surface area contributed by atoms with Crippen molar-refractivity contribution in [2.24, 2.45) is 0 Å². The van der Waals surface area contributed by atoms with Crippen LogP contribution in [0.15, 0.2) is 15.8 Å². The van der Waals surface area contributed by atoms with Gasteiger partial charge in [-0.3, -0.25) is 9.78 Å². The molecule has 1 aromatic rings. The van der Waals surface area contributed by atoms with Crippen molar-refractivity contribution in [2.75, 3.05) is 13.2 Å². The normalized spacial score (nSPS) is 24.2. The molecule has 0 spiro atoms. The zero-order valence-electron chi connectivity index (χ0n) is 26.1. The van der Waals surface area contributed by atoms with E-state index in [4.69, 9.17) is 9.47 Å². The van der Waals surface area contributed by atoms with Crippen molar-refractivity contribution in [3.8, 4) is 0 Å². The molecule has 2 heterocycles. The van der Waals surface area contributed by atoms with Gasteiger partial charge in [0.1, 0.15) is 17.8 Å². The summed E-state index contributed by atoms with van der Waals surface area (Å²) in [4.78, 5) is 38.8. The third-order valence-corrected chi connectivity index (χ3v) is 8.16. The van der Waals surface area contributed by atoms with Gasteiger partial charge in [-0.1, -0.05) is 96.8 Å². The summed E-state index contributed by atoms with van der Waals surface area (Å²) in [6.07, 6.45) is 10.2. The molecule has 5 atom stereocenters. The highest BCUT2D eigenvalue weighted by atomic mass is 19.1. The second-order valence-electron chi connectivity index (χ2n) is 11.5. The standard InChI is InChI=1S/C30H52FN3O10/c1-3-5-6-7-8-9-10-11-12-13-14-15-16-17-18-19-24(31)34(42)29(40)25(36)23(21-35)44-30(29,41)33-20-22(27(38)43-4-2)26(37)32-28(33)39/h20,23-25,35-36,40-42H,3-19,21H2,1-2H3,(H,32,37,39)/t23-,24?,25-,29-,30-/m1/s1. The van der Waals surface area contributed by atoms with E-state index in [9.17, 15) is 40.0 Å². The minimum Gasteiger partial charge on any atom is -0.462 e. The highest BCUT2D eigenvalue weighted by molar-refractivity contribution is 5.88. The maximum Gasteiger partial charge on any atom is 0.345 e. The molecular formula is C30H52FN3O10. The summed E-state index contributed by atoms with van der Waals surface area (Å²) in [7, 11) is 0. The molecule has 0 aromatic carbocycles. The van der Waals surface area contributed by atoms with Gasteiger partial charge >= 0.3 is 17.6 Å². The Bertz CT molecular complexity index is 1120. The van der Waals surface area contributed by atoms with Crippen molar-refractivity contribution in [1.29, 1.82) is 0 Å². The van der Waals surface area contributed by atoms with Crippen LogP contribution in [-0.2, 0) is 15.4 Å². The van der Waals surface area contributed by atoms with Gasteiger partial charge in [-0.25, -0.2) is 18.5 Å². The number of H-pyrrole nitrogens is 1. The Hall–Kier alpha value is -2.20. The first-order chi connectivity index (χ1) is 21.0. The Morgan fingerprint density at radius 2 is 1.50 bits per heavy atom. The Balaban J connectivity index is 1.93. The van der Waals surface area contributed by atoms with Gasteiger partial charge in [0.2, 0.25) is 5.72 Å². The van der Waals surface area contributed by atoms with E-state index in [-0.39, 0.29) is 22.7 Å². The van der Waals surface area contributed by atoms with Gasteiger partial charge < -0.3 is 35.1 Å². The van der Waals surface area contributed by atoms with E-state index >= 15 is 4.39 Å². The Morgan fingerprint density at radius 1 is 1.00 bits per heavy atom. The molecule has 1 aliphatic heterocycles. The Morgan fingerprint density at radius 3 is 1.98 bits per heavy atom. The molecule has 0 radical (unpaired) electrons. The van der Waals surface area contributed by atoms with E-state index in [0.29, 0.717) is 19.0 Å². The highest BCUT2D eigenvalue weighted by Gasteiger charge is 2.71. The minimum absolute atomic E-state index is 0.114. The van der Waals surface area contributed by atoms with Crippen LogP contribution >= 0.6 is 0 Å². The lowest BCUT2D eigenvalue weighted by Crippen LogP contribution is -2.70. The first-order valence-electron chi connectivity index (χ1n) is 16.1. The summed E-state index contributed by atoms with van der Waals surface area (Å²) >= 11 is 0. The van der Waals surface area contributed by atoms with Crippen molar-refractivity contribution in [1.82, 2.24) is 14.6 Å². The van der Waals surface area contributed by atoms with Gasteiger partial charge in [-0.2, -0.15) is 0 Å². The molecular weight excluding hydrogens is 581 g/mol. The molecule has 6 N–H and O–H groups in total. The number of aromatic amines is 1. The van der Waals surface area contributed by atoms with Gasteiger partial charge in [-0.15, -0.1) is 5.06 Å². The molecule has 14 heteroatoms. The van der Waals surface area contributed by atoms with E-state index in [1.54, 1.807) is 4.98 Å². The Labute approximate surface area is 257 Å². The lowest BCUT2D eigenvalue weighted by Gasteiger charge is -2.43. The second-order valence-corrected chi connectivity index (χ2v) is 11.5. The van der Waals surface area contributed by atoms with Crippen LogP contribution in [0.1, 0.15) is 127 Å². The maximum absolute atomic E-state index is 15.3. The molecule has 1 fully saturated rings. The maximum atomic E-state index is 15.3. The summed E-state index contributed by atoms with van der Waals surface area (Å²) in [6, 6.07) is 0. The minimum atomic E-state index is -3.46. The molecule has 1 unspecified atom stereocenters. The first-order valence-corrected chi connectivity index (χ1v) is 16.1. The number of hydrogen-bond acceptors (Lipinski definition) is 11. The van der Waals surface area contributed by atoms with Crippen LogP contribution in [0.2, 0.25) is 0 Å². The van der Waals surface area contributed by atoms with E-state index < -0.39 is 59.5 Å². The molecule has 1 aromatic heterocycles. The fourth-order valence-corrected chi connectivity index (χ4v) is 5.54. The largest absolute Gasteiger partial charge is 0.462 e. The number of unbranched alkanes of at least 4 members (excludes halogenated alkanes) is 14. The lowest BCUT2D eigenvalue weighted by molar-refractivity contribution is -0.428. The number of carbonyl (C=O) groups excluding carboxylic acids is 1. The van der Waals surface area contributed by atoms with Crippen molar-refractivity contribution in [3.63, 3.8) is 0 Å². The molecule has 0 saturated carbocycles. The van der Waals surface area contributed by atoms with Crippen molar-refractivity contribution >= 4 is 5.97 Å². The van der Waals surface area contributed by atoms with Gasteiger partial charge in [0, 0.05) is 6.20 Å². The number of carbonyl (C=O) groups is 1. The zero-order chi connectivity index (χ0) is 32.8. The fourth-order valence-electron chi connectivity index (χ4n) is 5.54. The number of nitrogens with one attached hydrogen (secondary N) is 1. The number of esters is 1.